The minimum absolute atomic E-state index is 0.456. The summed E-state index contributed by atoms with van der Waals surface area (Å²) >= 11 is 0. The van der Waals surface area contributed by atoms with Crippen molar-refractivity contribution in [3.8, 4) is 5.75 Å². The van der Waals surface area contributed by atoms with Crippen LogP contribution in [-0.4, -0.2) is 11.6 Å². The van der Waals surface area contributed by atoms with Crippen molar-refractivity contribution in [2.24, 2.45) is 11.7 Å². The molecule has 3 nitrogen and oxygen atoms in total. The molecule has 0 aliphatic rings. The molecule has 0 aliphatic heterocycles. The lowest BCUT2D eigenvalue weighted by atomic mass is 10.1. The molecule has 2 aromatic rings. The van der Waals surface area contributed by atoms with Crippen LogP contribution in [0.15, 0.2) is 30.5 Å². The van der Waals surface area contributed by atoms with Gasteiger partial charge in [-0.3, -0.25) is 4.98 Å². The van der Waals surface area contributed by atoms with Crippen molar-refractivity contribution in [3.63, 3.8) is 0 Å². The average Bonchev–Trinajstić information content (AvgIpc) is 2.43. The number of hydrogen-bond acceptors (Lipinski definition) is 3. The first-order valence-corrected chi connectivity index (χ1v) is 6.92. The van der Waals surface area contributed by atoms with E-state index >= 15 is 0 Å². The van der Waals surface area contributed by atoms with Gasteiger partial charge in [0.15, 0.2) is 0 Å². The summed E-state index contributed by atoms with van der Waals surface area (Å²) in [5.74, 6) is 1.61. The lowest BCUT2D eigenvalue weighted by molar-refractivity contribution is 0.298. The first kappa shape index (κ1) is 13.8. The molecular weight excluding hydrogens is 236 g/mol. The lowest BCUT2D eigenvalue weighted by Gasteiger charge is -2.13. The number of nitrogens with two attached hydrogens (primary N) is 1. The number of benzene rings is 1. The van der Waals surface area contributed by atoms with Crippen LogP contribution >= 0.6 is 0 Å². The molecule has 19 heavy (non-hydrogen) atoms. The monoisotopic (exact) mass is 258 g/mol. The lowest BCUT2D eigenvalue weighted by Crippen LogP contribution is -2.06. The predicted molar refractivity (Wildman–Crippen MR) is 79.2 cm³/mol. The number of nitrogens with zero attached hydrogens (tertiary/aromatic N) is 1. The summed E-state index contributed by atoms with van der Waals surface area (Å²) in [6, 6.07) is 8.03. The zero-order valence-electron chi connectivity index (χ0n) is 11.7. The molecule has 0 amide bonds. The van der Waals surface area contributed by atoms with Gasteiger partial charge in [0.2, 0.25) is 0 Å². The summed E-state index contributed by atoms with van der Waals surface area (Å²) < 4.78 is 5.97. The molecule has 0 saturated heterocycles. The summed E-state index contributed by atoms with van der Waals surface area (Å²) in [5.41, 5.74) is 7.71. The number of hydrogen-bond donors (Lipinski definition) is 1. The van der Waals surface area contributed by atoms with E-state index in [1.54, 1.807) is 0 Å². The summed E-state index contributed by atoms with van der Waals surface area (Å²) in [7, 11) is 0. The molecule has 0 spiro atoms. The topological polar surface area (TPSA) is 48.1 Å². The zero-order valence-corrected chi connectivity index (χ0v) is 11.7. The van der Waals surface area contributed by atoms with Crippen LogP contribution < -0.4 is 10.5 Å². The Hall–Kier alpha value is -1.61. The Labute approximate surface area is 114 Å². The van der Waals surface area contributed by atoms with Crippen LogP contribution in [0.1, 0.15) is 32.3 Å². The fourth-order valence-corrected chi connectivity index (χ4v) is 2.14. The van der Waals surface area contributed by atoms with Gasteiger partial charge < -0.3 is 10.5 Å². The molecule has 0 fully saturated rings. The van der Waals surface area contributed by atoms with E-state index in [-0.39, 0.29) is 0 Å². The fourth-order valence-electron chi connectivity index (χ4n) is 2.14. The smallest absolute Gasteiger partial charge is 0.134 e. The standard InChI is InChI=1S/C16H22N2O/c1-12(2)6-5-9-19-16-13(10-17)11-18-15-8-4-3-7-14(15)16/h3-4,7-8,11-12H,5-6,9-10,17H2,1-2H3. The van der Waals surface area contributed by atoms with Crippen molar-refractivity contribution in [1.82, 2.24) is 4.98 Å². The third-order valence-electron chi connectivity index (χ3n) is 3.19. The maximum Gasteiger partial charge on any atom is 0.134 e. The van der Waals surface area contributed by atoms with Gasteiger partial charge in [0.1, 0.15) is 5.75 Å². The number of rotatable bonds is 6. The first-order valence-electron chi connectivity index (χ1n) is 6.92. The van der Waals surface area contributed by atoms with Gasteiger partial charge in [0.25, 0.3) is 0 Å². The second-order valence-corrected chi connectivity index (χ2v) is 5.22. The van der Waals surface area contributed by atoms with Crippen molar-refractivity contribution in [3.05, 3.63) is 36.0 Å². The third-order valence-corrected chi connectivity index (χ3v) is 3.19. The zero-order chi connectivity index (χ0) is 13.7. The molecule has 1 aromatic heterocycles. The van der Waals surface area contributed by atoms with Gasteiger partial charge in [0.05, 0.1) is 12.1 Å². The number of para-hydroxylation sites is 1. The van der Waals surface area contributed by atoms with Gasteiger partial charge in [-0.1, -0.05) is 26.0 Å². The Balaban J connectivity index is 2.19. The molecule has 102 valence electrons. The van der Waals surface area contributed by atoms with Crippen LogP contribution in [0.5, 0.6) is 5.75 Å². The Morgan fingerprint density at radius 2 is 2.05 bits per heavy atom. The average molecular weight is 258 g/mol. The molecular formula is C16H22N2O. The molecule has 0 aliphatic carbocycles. The Morgan fingerprint density at radius 3 is 2.79 bits per heavy atom. The highest BCUT2D eigenvalue weighted by molar-refractivity contribution is 5.86. The Morgan fingerprint density at radius 1 is 1.26 bits per heavy atom. The van der Waals surface area contributed by atoms with Gasteiger partial charge >= 0.3 is 0 Å². The minimum atomic E-state index is 0.456. The first-order chi connectivity index (χ1) is 9.22. The maximum atomic E-state index is 5.97. The highest BCUT2D eigenvalue weighted by Gasteiger charge is 2.08. The summed E-state index contributed by atoms with van der Waals surface area (Å²) in [6.45, 7) is 5.65. The van der Waals surface area contributed by atoms with Crippen molar-refractivity contribution in [2.75, 3.05) is 6.61 Å². The van der Waals surface area contributed by atoms with Gasteiger partial charge in [-0.15, -0.1) is 0 Å². The second kappa shape index (κ2) is 6.53. The second-order valence-electron chi connectivity index (χ2n) is 5.22. The molecule has 0 radical (unpaired) electrons. The summed E-state index contributed by atoms with van der Waals surface area (Å²) in [4.78, 5) is 4.41. The predicted octanol–water partition coefficient (Wildman–Crippen LogP) is 3.51. The number of aromatic nitrogens is 1. The number of fused-ring (bicyclic) bond motifs is 1. The third kappa shape index (κ3) is 3.44. The van der Waals surface area contributed by atoms with E-state index in [0.717, 1.165) is 35.2 Å². The van der Waals surface area contributed by atoms with E-state index in [1.165, 1.54) is 6.42 Å². The quantitative estimate of drug-likeness (QED) is 0.807. The van der Waals surface area contributed by atoms with Gasteiger partial charge in [-0.25, -0.2) is 0 Å². The van der Waals surface area contributed by atoms with E-state index in [4.69, 9.17) is 10.5 Å². The molecule has 0 bridgehead atoms. The van der Waals surface area contributed by atoms with Gasteiger partial charge in [0, 0.05) is 23.7 Å². The molecule has 1 heterocycles. The van der Waals surface area contributed by atoms with Crippen LogP contribution in [0, 0.1) is 5.92 Å². The van der Waals surface area contributed by atoms with Crippen LogP contribution in [-0.2, 0) is 6.54 Å². The normalized spacial score (nSPS) is 11.2. The summed E-state index contributed by atoms with van der Waals surface area (Å²) in [5, 5.41) is 1.05. The van der Waals surface area contributed by atoms with Crippen molar-refractivity contribution >= 4 is 10.9 Å². The van der Waals surface area contributed by atoms with Crippen molar-refractivity contribution in [1.29, 1.82) is 0 Å². The van der Waals surface area contributed by atoms with Crippen LogP contribution in [0.25, 0.3) is 10.9 Å². The van der Waals surface area contributed by atoms with Gasteiger partial charge in [-0.05, 0) is 30.9 Å². The highest BCUT2D eigenvalue weighted by atomic mass is 16.5. The van der Waals surface area contributed by atoms with Crippen molar-refractivity contribution < 1.29 is 4.74 Å². The molecule has 2 rings (SSSR count). The van der Waals surface area contributed by atoms with E-state index < -0.39 is 0 Å². The number of pyridine rings is 1. The molecule has 0 unspecified atom stereocenters. The maximum absolute atomic E-state index is 5.97. The molecule has 0 atom stereocenters. The van der Waals surface area contributed by atoms with Crippen LogP contribution in [0.3, 0.4) is 0 Å². The van der Waals surface area contributed by atoms with Crippen molar-refractivity contribution in [2.45, 2.75) is 33.2 Å². The van der Waals surface area contributed by atoms with E-state index in [9.17, 15) is 0 Å². The minimum Gasteiger partial charge on any atom is -0.492 e. The van der Waals surface area contributed by atoms with Crippen LogP contribution in [0.4, 0.5) is 0 Å². The fraction of sp³-hybridized carbons (Fsp3) is 0.438. The van der Waals surface area contributed by atoms with E-state index in [0.29, 0.717) is 12.5 Å². The van der Waals surface area contributed by atoms with Gasteiger partial charge in [-0.2, -0.15) is 0 Å². The SMILES string of the molecule is CC(C)CCCOc1c(CN)cnc2ccccc12. The molecule has 2 N–H and O–H groups in total. The number of ether oxygens (including phenoxy) is 1. The largest absolute Gasteiger partial charge is 0.492 e. The van der Waals surface area contributed by atoms with E-state index in [1.807, 2.05) is 30.5 Å². The molecule has 3 heteroatoms. The highest BCUT2D eigenvalue weighted by Crippen LogP contribution is 2.28. The summed E-state index contributed by atoms with van der Waals surface area (Å²) in [6.07, 6.45) is 4.07. The van der Waals surface area contributed by atoms with E-state index in [2.05, 4.69) is 18.8 Å². The Kier molecular flexibility index (Phi) is 4.74. The molecule has 0 saturated carbocycles. The molecule has 1 aromatic carbocycles. The van der Waals surface area contributed by atoms with Crippen LogP contribution in [0.2, 0.25) is 0 Å². The Bertz CT molecular complexity index is 537.